The highest BCUT2D eigenvalue weighted by Gasteiger charge is 2.24. The summed E-state index contributed by atoms with van der Waals surface area (Å²) in [5.74, 6) is 7.71. The van der Waals surface area contributed by atoms with Crippen molar-refractivity contribution >= 4 is 11.8 Å². The Bertz CT molecular complexity index is 718. The molecule has 0 atom stereocenters. The molecule has 4 nitrogen and oxygen atoms in total. The molecule has 0 N–H and O–H groups in total. The zero-order valence-electron chi connectivity index (χ0n) is 16.6. The molecule has 0 amide bonds. The predicted molar refractivity (Wildman–Crippen MR) is 96.2 cm³/mol. The number of Topliss-reactive ketones (excluding diaryl/α,β-unsaturated/α-hetero) is 1. The molecule has 0 saturated carbocycles. The summed E-state index contributed by atoms with van der Waals surface area (Å²) in [6.07, 6.45) is 0. The third-order valence-electron chi connectivity index (χ3n) is 2.48. The summed E-state index contributed by atoms with van der Waals surface area (Å²) in [7, 11) is 0. The van der Waals surface area contributed by atoms with Gasteiger partial charge in [0.25, 0.3) is 0 Å². The van der Waals surface area contributed by atoms with E-state index in [9.17, 15) is 14.7 Å². The average molecular weight is 343 g/mol. The number of ether oxygens (including phenoxy) is 1. The fourth-order valence-corrected chi connectivity index (χ4v) is 1.37. The summed E-state index contributed by atoms with van der Waals surface area (Å²) in [5.41, 5.74) is 0.977. The van der Waals surface area contributed by atoms with Crippen molar-refractivity contribution < 1.29 is 19.4 Å². The van der Waals surface area contributed by atoms with Gasteiger partial charge in [-0.05, 0) is 58.6 Å². The summed E-state index contributed by atoms with van der Waals surface area (Å²) >= 11 is 0. The van der Waals surface area contributed by atoms with E-state index >= 15 is 0 Å². The summed E-state index contributed by atoms with van der Waals surface area (Å²) < 4.78 is 4.58. The Morgan fingerprint density at radius 3 is 1.60 bits per heavy atom. The lowest BCUT2D eigenvalue weighted by Gasteiger charge is -2.17. The number of hydrogen-bond acceptors (Lipinski definition) is 3. The standard InChI is InChI=1S/C21H27O4/c1-19(2,3)12-10-16(22)15(21(7,8)9)14-18(24)25-17(23)11-13-20(4,5)6/h1-9H3. The van der Waals surface area contributed by atoms with Crippen LogP contribution in [0.3, 0.4) is 0 Å². The Morgan fingerprint density at radius 2 is 1.20 bits per heavy atom. The van der Waals surface area contributed by atoms with E-state index in [2.05, 4.69) is 34.1 Å². The largest absolute Gasteiger partial charge is 0.392 e. The Balaban J connectivity index is 5.75. The van der Waals surface area contributed by atoms with Crippen LogP contribution in [0, 0.1) is 39.9 Å². The highest BCUT2D eigenvalue weighted by Crippen LogP contribution is 2.25. The van der Waals surface area contributed by atoms with Crippen molar-refractivity contribution in [3.63, 3.8) is 0 Å². The smallest absolute Gasteiger partial charge is 0.374 e. The lowest BCUT2D eigenvalue weighted by atomic mass is 9.84. The number of hydrogen-bond donors (Lipinski definition) is 0. The molecule has 0 aromatic carbocycles. The maximum Gasteiger partial charge on any atom is 0.392 e. The number of carbonyl (C=O) groups is 2. The Morgan fingerprint density at radius 1 is 0.760 bits per heavy atom. The van der Waals surface area contributed by atoms with Gasteiger partial charge < -0.3 is 4.74 Å². The van der Waals surface area contributed by atoms with Crippen molar-refractivity contribution in [3.05, 3.63) is 17.2 Å². The van der Waals surface area contributed by atoms with Gasteiger partial charge in [-0.15, -0.1) is 0 Å². The first kappa shape index (κ1) is 22.6. The second-order valence-corrected chi connectivity index (χ2v) is 8.76. The van der Waals surface area contributed by atoms with Crippen LogP contribution in [0.1, 0.15) is 62.3 Å². The van der Waals surface area contributed by atoms with Crippen LogP contribution < -0.4 is 0 Å². The van der Waals surface area contributed by atoms with Gasteiger partial charge in [-0.2, -0.15) is 0 Å². The summed E-state index contributed by atoms with van der Waals surface area (Å²) in [6.45, 7) is 16.3. The predicted octanol–water partition coefficient (Wildman–Crippen LogP) is 4.04. The van der Waals surface area contributed by atoms with Crippen LogP contribution in [0.25, 0.3) is 0 Å². The minimum Gasteiger partial charge on any atom is -0.374 e. The second kappa shape index (κ2) is 8.11. The molecule has 0 aromatic heterocycles. The van der Waals surface area contributed by atoms with Gasteiger partial charge in [0, 0.05) is 16.8 Å². The van der Waals surface area contributed by atoms with Crippen LogP contribution in [-0.2, 0) is 19.4 Å². The highest BCUT2D eigenvalue weighted by atomic mass is 16.6. The van der Waals surface area contributed by atoms with E-state index in [0.717, 1.165) is 0 Å². The molecule has 4 heteroatoms. The molecule has 0 bridgehead atoms. The molecule has 0 saturated heterocycles. The van der Waals surface area contributed by atoms with Crippen LogP contribution >= 0.6 is 0 Å². The maximum atomic E-state index is 12.3. The Kier molecular flexibility index (Phi) is 7.32. The molecule has 0 fully saturated rings. The molecule has 0 aliphatic rings. The van der Waals surface area contributed by atoms with Gasteiger partial charge in [0.05, 0.1) is 5.57 Å². The lowest BCUT2D eigenvalue weighted by Crippen LogP contribution is -2.17. The van der Waals surface area contributed by atoms with Crippen molar-refractivity contribution in [2.24, 2.45) is 16.2 Å². The number of ketones is 1. The number of rotatable bonds is 2. The quantitative estimate of drug-likeness (QED) is 0.145. The van der Waals surface area contributed by atoms with E-state index in [1.165, 1.54) is 0 Å². The monoisotopic (exact) mass is 343 g/mol. The molecule has 0 spiro atoms. The van der Waals surface area contributed by atoms with Gasteiger partial charge in [0.15, 0.2) is 0 Å². The number of carbonyl (C=O) groups excluding carboxylic acids is 2. The molecule has 0 aliphatic carbocycles. The third kappa shape index (κ3) is 10.9. The average Bonchev–Trinajstić information content (AvgIpc) is 2.37. The van der Waals surface area contributed by atoms with Crippen molar-refractivity contribution in [2.75, 3.05) is 0 Å². The van der Waals surface area contributed by atoms with Gasteiger partial charge in [0.2, 0.25) is 5.78 Å². The normalized spacial score (nSPS) is 11.1. The van der Waals surface area contributed by atoms with Crippen molar-refractivity contribution in [2.45, 2.75) is 62.3 Å². The van der Waals surface area contributed by atoms with Gasteiger partial charge in [-0.25, -0.2) is 9.90 Å². The van der Waals surface area contributed by atoms with Gasteiger partial charge in [-0.3, -0.25) is 4.79 Å². The van der Waals surface area contributed by atoms with Crippen molar-refractivity contribution in [3.8, 4) is 23.7 Å². The topological polar surface area (TPSA) is 63.3 Å². The molecule has 0 heterocycles. The van der Waals surface area contributed by atoms with Crippen LogP contribution in [0.5, 0.6) is 0 Å². The van der Waals surface area contributed by atoms with Crippen molar-refractivity contribution in [1.29, 1.82) is 0 Å². The number of esters is 1. The van der Waals surface area contributed by atoms with E-state index in [1.807, 2.05) is 41.5 Å². The highest BCUT2D eigenvalue weighted by molar-refractivity contribution is 6.09. The minimum atomic E-state index is -1.05. The molecule has 0 unspecified atom stereocenters. The van der Waals surface area contributed by atoms with E-state index in [1.54, 1.807) is 20.8 Å². The van der Waals surface area contributed by atoms with Crippen LogP contribution in [0.15, 0.2) is 17.2 Å². The number of allylic oxidation sites excluding steroid dienone is 1. The van der Waals surface area contributed by atoms with E-state index in [0.29, 0.717) is 0 Å². The molecule has 0 rings (SSSR count). The lowest BCUT2D eigenvalue weighted by molar-refractivity contribution is -0.138. The van der Waals surface area contributed by atoms with Crippen LogP contribution in [0.2, 0.25) is 0 Å². The fourth-order valence-electron chi connectivity index (χ4n) is 1.37. The SMILES string of the molecule is CC(C)(C)C#CC(=O)OC([O])=C=C(C(=O)C#CC(C)(C)C)C(C)(C)C. The Hall–Kier alpha value is -2.42. The molecule has 135 valence electrons. The van der Waals surface area contributed by atoms with Gasteiger partial charge in [-0.1, -0.05) is 32.6 Å². The first-order valence-corrected chi connectivity index (χ1v) is 8.02. The van der Waals surface area contributed by atoms with Gasteiger partial charge >= 0.3 is 11.9 Å². The summed E-state index contributed by atoms with van der Waals surface area (Å²) in [6, 6.07) is 0. The molecular formula is C21H27O4. The zero-order valence-corrected chi connectivity index (χ0v) is 16.6. The summed E-state index contributed by atoms with van der Waals surface area (Å²) in [5, 5.41) is 11.9. The minimum absolute atomic E-state index is 0.0610. The fraction of sp³-hybridized carbons (Fsp3) is 0.571. The maximum absolute atomic E-state index is 12.3. The first-order valence-electron chi connectivity index (χ1n) is 8.02. The molecule has 0 aliphatic heterocycles. The first-order chi connectivity index (χ1) is 11.0. The van der Waals surface area contributed by atoms with E-state index in [-0.39, 0.29) is 11.0 Å². The molecule has 1 radical (unpaired) electrons. The molecular weight excluding hydrogens is 316 g/mol. The Labute approximate surface area is 151 Å². The van der Waals surface area contributed by atoms with Crippen LogP contribution in [0.4, 0.5) is 0 Å². The summed E-state index contributed by atoms with van der Waals surface area (Å²) in [4.78, 5) is 23.9. The van der Waals surface area contributed by atoms with E-state index < -0.39 is 28.5 Å². The van der Waals surface area contributed by atoms with Gasteiger partial charge in [0.1, 0.15) is 0 Å². The molecule has 0 aromatic rings. The van der Waals surface area contributed by atoms with E-state index in [4.69, 9.17) is 0 Å². The zero-order chi connectivity index (χ0) is 20.1. The second-order valence-electron chi connectivity index (χ2n) is 8.76. The molecule has 25 heavy (non-hydrogen) atoms. The van der Waals surface area contributed by atoms with Crippen molar-refractivity contribution in [1.82, 2.24) is 0 Å². The third-order valence-corrected chi connectivity index (χ3v) is 2.48. The van der Waals surface area contributed by atoms with Crippen LogP contribution in [-0.4, -0.2) is 11.8 Å².